The zero-order valence-electron chi connectivity index (χ0n) is 16.2. The molecule has 4 heteroatoms. The van der Waals surface area contributed by atoms with Crippen LogP contribution in [-0.2, 0) is 14.3 Å². The summed E-state index contributed by atoms with van der Waals surface area (Å²) in [6, 6.07) is 0.324. The Balaban J connectivity index is 3.59. The first-order chi connectivity index (χ1) is 11.6. The van der Waals surface area contributed by atoms with Gasteiger partial charge in [-0.25, -0.2) is 0 Å². The number of amides is 1. The Labute approximate surface area is 149 Å². The third-order valence-corrected chi connectivity index (χ3v) is 4.26. The molecule has 0 saturated carbocycles. The van der Waals surface area contributed by atoms with Gasteiger partial charge in [0.2, 0.25) is 5.91 Å². The van der Waals surface area contributed by atoms with Crippen molar-refractivity contribution in [2.45, 2.75) is 110 Å². The standard InChI is InChI=1S/C20H39NO3/c1-4-6-10-14-19(21-18(3)22)15-12-8-9-13-17-24-20(23)16-11-7-5-2/h19H,4-17H2,1-3H3,(H,21,22). The molecule has 1 atom stereocenters. The summed E-state index contributed by atoms with van der Waals surface area (Å²) >= 11 is 0. The van der Waals surface area contributed by atoms with Crippen LogP contribution in [0.15, 0.2) is 0 Å². The average molecular weight is 342 g/mol. The lowest BCUT2D eigenvalue weighted by atomic mass is 10.0. The summed E-state index contributed by atoms with van der Waals surface area (Å²) in [6.45, 7) is 6.48. The van der Waals surface area contributed by atoms with E-state index >= 15 is 0 Å². The molecule has 0 rings (SSSR count). The first-order valence-corrected chi connectivity index (χ1v) is 10.0. The van der Waals surface area contributed by atoms with Gasteiger partial charge < -0.3 is 10.1 Å². The maximum atomic E-state index is 11.5. The fraction of sp³-hybridized carbons (Fsp3) is 0.900. The van der Waals surface area contributed by atoms with Gasteiger partial charge in [-0.15, -0.1) is 0 Å². The lowest BCUT2D eigenvalue weighted by Gasteiger charge is -2.17. The average Bonchev–Trinajstić information content (AvgIpc) is 2.53. The van der Waals surface area contributed by atoms with Crippen LogP contribution in [0.25, 0.3) is 0 Å². The number of esters is 1. The molecule has 0 heterocycles. The molecular formula is C20H39NO3. The molecule has 0 radical (unpaired) electrons. The van der Waals surface area contributed by atoms with Gasteiger partial charge in [-0.05, 0) is 25.7 Å². The monoisotopic (exact) mass is 341 g/mol. The lowest BCUT2D eigenvalue weighted by molar-refractivity contribution is -0.143. The van der Waals surface area contributed by atoms with E-state index in [2.05, 4.69) is 19.2 Å². The molecule has 0 aliphatic carbocycles. The van der Waals surface area contributed by atoms with E-state index in [1.807, 2.05) is 0 Å². The van der Waals surface area contributed by atoms with Gasteiger partial charge in [0, 0.05) is 19.4 Å². The molecule has 1 N–H and O–H groups in total. The SMILES string of the molecule is CCCCCC(=O)OCCCCCCC(CCCCC)NC(C)=O. The number of carbonyl (C=O) groups excluding carboxylic acids is 2. The number of carbonyl (C=O) groups is 2. The minimum atomic E-state index is -0.0508. The van der Waals surface area contributed by atoms with Crippen LogP contribution in [0, 0.1) is 0 Å². The summed E-state index contributed by atoms with van der Waals surface area (Å²) in [5.41, 5.74) is 0. The van der Waals surface area contributed by atoms with Crippen molar-refractivity contribution in [1.29, 1.82) is 0 Å². The molecule has 0 aliphatic rings. The maximum Gasteiger partial charge on any atom is 0.305 e. The van der Waals surface area contributed by atoms with Gasteiger partial charge in [0.15, 0.2) is 0 Å². The molecule has 24 heavy (non-hydrogen) atoms. The van der Waals surface area contributed by atoms with E-state index in [1.165, 1.54) is 19.3 Å². The summed E-state index contributed by atoms with van der Waals surface area (Å²) in [5, 5.41) is 3.07. The predicted octanol–water partition coefficient (Wildman–Crippen LogP) is 5.15. The molecule has 0 bridgehead atoms. The van der Waals surface area contributed by atoms with E-state index in [9.17, 15) is 9.59 Å². The second kappa shape index (κ2) is 16.8. The predicted molar refractivity (Wildman–Crippen MR) is 99.9 cm³/mol. The van der Waals surface area contributed by atoms with Crippen molar-refractivity contribution in [3.8, 4) is 0 Å². The highest BCUT2D eigenvalue weighted by Gasteiger charge is 2.09. The third kappa shape index (κ3) is 15.8. The van der Waals surface area contributed by atoms with Gasteiger partial charge in [-0.1, -0.05) is 65.2 Å². The van der Waals surface area contributed by atoms with E-state index in [4.69, 9.17) is 4.74 Å². The molecule has 4 nitrogen and oxygen atoms in total. The van der Waals surface area contributed by atoms with Crippen LogP contribution in [0.5, 0.6) is 0 Å². The highest BCUT2D eigenvalue weighted by molar-refractivity contribution is 5.73. The minimum absolute atomic E-state index is 0.0508. The summed E-state index contributed by atoms with van der Waals surface area (Å²) in [4.78, 5) is 22.7. The second-order valence-electron chi connectivity index (χ2n) is 6.77. The molecule has 0 aromatic carbocycles. The molecule has 1 amide bonds. The summed E-state index contributed by atoms with van der Waals surface area (Å²) in [7, 11) is 0. The van der Waals surface area contributed by atoms with Crippen molar-refractivity contribution in [2.24, 2.45) is 0 Å². The van der Waals surface area contributed by atoms with E-state index in [-0.39, 0.29) is 11.9 Å². The Kier molecular flexibility index (Phi) is 16.0. The van der Waals surface area contributed by atoms with Crippen LogP contribution >= 0.6 is 0 Å². The number of unbranched alkanes of at least 4 members (excludes halogenated alkanes) is 7. The normalized spacial score (nSPS) is 12.0. The number of hydrogen-bond acceptors (Lipinski definition) is 3. The lowest BCUT2D eigenvalue weighted by Crippen LogP contribution is -2.32. The van der Waals surface area contributed by atoms with Gasteiger partial charge >= 0.3 is 5.97 Å². The van der Waals surface area contributed by atoms with Crippen molar-refractivity contribution < 1.29 is 14.3 Å². The highest BCUT2D eigenvalue weighted by atomic mass is 16.5. The Morgan fingerprint density at radius 3 is 2.04 bits per heavy atom. The molecule has 0 aromatic heterocycles. The summed E-state index contributed by atoms with van der Waals surface area (Å²) in [5.74, 6) is 0.0246. The zero-order chi connectivity index (χ0) is 18.0. The van der Waals surface area contributed by atoms with Crippen molar-refractivity contribution in [1.82, 2.24) is 5.32 Å². The minimum Gasteiger partial charge on any atom is -0.466 e. The Morgan fingerprint density at radius 1 is 0.833 bits per heavy atom. The van der Waals surface area contributed by atoms with Crippen LogP contribution < -0.4 is 5.32 Å². The largest absolute Gasteiger partial charge is 0.466 e. The number of hydrogen-bond donors (Lipinski definition) is 1. The fourth-order valence-electron chi connectivity index (χ4n) is 2.84. The van der Waals surface area contributed by atoms with Crippen LogP contribution in [0.4, 0.5) is 0 Å². The van der Waals surface area contributed by atoms with Crippen LogP contribution in [0.2, 0.25) is 0 Å². The van der Waals surface area contributed by atoms with Crippen LogP contribution in [-0.4, -0.2) is 24.5 Å². The van der Waals surface area contributed by atoms with E-state index in [0.717, 1.165) is 57.8 Å². The Bertz CT molecular complexity index is 318. The van der Waals surface area contributed by atoms with Gasteiger partial charge in [0.1, 0.15) is 0 Å². The smallest absolute Gasteiger partial charge is 0.305 e. The maximum absolute atomic E-state index is 11.5. The fourth-order valence-corrected chi connectivity index (χ4v) is 2.84. The second-order valence-corrected chi connectivity index (χ2v) is 6.77. The van der Waals surface area contributed by atoms with E-state index in [0.29, 0.717) is 19.1 Å². The Morgan fingerprint density at radius 2 is 1.42 bits per heavy atom. The van der Waals surface area contributed by atoms with Crippen molar-refractivity contribution in [2.75, 3.05) is 6.61 Å². The van der Waals surface area contributed by atoms with Crippen molar-refractivity contribution in [3.05, 3.63) is 0 Å². The summed E-state index contributed by atoms with van der Waals surface area (Å²) in [6.07, 6.45) is 13.8. The number of nitrogens with one attached hydrogen (secondary N) is 1. The zero-order valence-corrected chi connectivity index (χ0v) is 16.2. The third-order valence-electron chi connectivity index (χ3n) is 4.26. The van der Waals surface area contributed by atoms with Gasteiger partial charge in [0.05, 0.1) is 6.61 Å². The van der Waals surface area contributed by atoms with Crippen molar-refractivity contribution in [3.63, 3.8) is 0 Å². The first-order valence-electron chi connectivity index (χ1n) is 10.0. The highest BCUT2D eigenvalue weighted by Crippen LogP contribution is 2.12. The topological polar surface area (TPSA) is 55.4 Å². The van der Waals surface area contributed by atoms with Crippen molar-refractivity contribution >= 4 is 11.9 Å². The molecule has 0 spiro atoms. The molecule has 0 fully saturated rings. The number of rotatable bonds is 16. The molecule has 0 saturated heterocycles. The van der Waals surface area contributed by atoms with Gasteiger partial charge in [-0.3, -0.25) is 9.59 Å². The van der Waals surface area contributed by atoms with Gasteiger partial charge in [-0.2, -0.15) is 0 Å². The van der Waals surface area contributed by atoms with Crippen LogP contribution in [0.1, 0.15) is 104 Å². The molecule has 0 aromatic rings. The molecular weight excluding hydrogens is 302 g/mol. The van der Waals surface area contributed by atoms with E-state index < -0.39 is 0 Å². The molecule has 0 aliphatic heterocycles. The molecule has 142 valence electrons. The van der Waals surface area contributed by atoms with Gasteiger partial charge in [0.25, 0.3) is 0 Å². The quantitative estimate of drug-likeness (QED) is 0.312. The Hall–Kier alpha value is -1.06. The molecule has 1 unspecified atom stereocenters. The number of ether oxygens (including phenoxy) is 1. The summed E-state index contributed by atoms with van der Waals surface area (Å²) < 4.78 is 5.24. The van der Waals surface area contributed by atoms with E-state index in [1.54, 1.807) is 6.92 Å². The van der Waals surface area contributed by atoms with Crippen LogP contribution in [0.3, 0.4) is 0 Å². The first kappa shape index (κ1) is 22.9.